The Morgan fingerprint density at radius 2 is 1.48 bits per heavy atom. The third-order valence-corrected chi connectivity index (χ3v) is 6.12. The Balaban J connectivity index is 1.60. The topological polar surface area (TPSA) is 42.0 Å². The molecule has 0 saturated carbocycles. The Kier molecular flexibility index (Phi) is 7.51. The van der Waals surface area contributed by atoms with Crippen LogP contribution >= 0.6 is 0 Å². The first-order chi connectivity index (χ1) is 16.2. The van der Waals surface area contributed by atoms with Crippen molar-refractivity contribution in [3.05, 3.63) is 90.5 Å². The summed E-state index contributed by atoms with van der Waals surface area (Å²) in [5.74, 6) is -0.0289. The van der Waals surface area contributed by atoms with Crippen LogP contribution in [0, 0.1) is 0 Å². The van der Waals surface area contributed by atoms with Gasteiger partial charge in [-0.05, 0) is 36.6 Å². The van der Waals surface area contributed by atoms with E-state index >= 15 is 0 Å². The molecule has 0 aliphatic rings. The van der Waals surface area contributed by atoms with E-state index in [1.165, 1.54) is 24.8 Å². The van der Waals surface area contributed by atoms with Gasteiger partial charge in [-0.25, -0.2) is 4.98 Å². The van der Waals surface area contributed by atoms with Crippen molar-refractivity contribution in [2.24, 2.45) is 0 Å². The van der Waals surface area contributed by atoms with E-state index in [1.54, 1.807) is 0 Å². The van der Waals surface area contributed by atoms with E-state index in [9.17, 15) is 4.79 Å². The molecule has 3 nitrogen and oxygen atoms in total. The maximum Gasteiger partial charge on any atom is 0.252 e. The first kappa shape index (κ1) is 22.7. The summed E-state index contributed by atoms with van der Waals surface area (Å²) in [5.41, 5.74) is 5.68. The molecule has 0 spiro atoms. The second kappa shape index (κ2) is 10.9. The molecule has 0 fully saturated rings. The van der Waals surface area contributed by atoms with E-state index in [-0.39, 0.29) is 11.9 Å². The van der Waals surface area contributed by atoms with Gasteiger partial charge < -0.3 is 5.32 Å². The quantitative estimate of drug-likeness (QED) is 0.274. The van der Waals surface area contributed by atoms with Crippen molar-refractivity contribution in [1.29, 1.82) is 0 Å². The molecule has 0 radical (unpaired) electrons. The number of amides is 1. The minimum Gasteiger partial charge on any atom is -0.350 e. The van der Waals surface area contributed by atoms with Crippen LogP contribution in [0.15, 0.2) is 84.9 Å². The summed E-state index contributed by atoms with van der Waals surface area (Å²) in [4.78, 5) is 18.1. The average Bonchev–Trinajstić information content (AvgIpc) is 2.86. The maximum absolute atomic E-state index is 13.2. The summed E-state index contributed by atoms with van der Waals surface area (Å²) in [6.45, 7) is 4.31. The first-order valence-electron chi connectivity index (χ1n) is 12.0. The molecule has 0 bridgehead atoms. The molecule has 1 amide bonds. The minimum absolute atomic E-state index is 0.0289. The van der Waals surface area contributed by atoms with Gasteiger partial charge in [-0.3, -0.25) is 4.79 Å². The van der Waals surface area contributed by atoms with Gasteiger partial charge in [0.1, 0.15) is 0 Å². The number of rotatable bonds is 9. The van der Waals surface area contributed by atoms with Gasteiger partial charge in [0.15, 0.2) is 0 Å². The van der Waals surface area contributed by atoms with Gasteiger partial charge in [0.2, 0.25) is 0 Å². The summed E-state index contributed by atoms with van der Waals surface area (Å²) in [6.07, 6.45) is 5.84. The number of hydrogen-bond acceptors (Lipinski definition) is 2. The Bertz CT molecular complexity index is 1200. The fourth-order valence-corrected chi connectivity index (χ4v) is 4.23. The van der Waals surface area contributed by atoms with Crippen LogP contribution in [0.1, 0.15) is 56.3 Å². The van der Waals surface area contributed by atoms with E-state index < -0.39 is 0 Å². The number of fused-ring (bicyclic) bond motifs is 1. The monoisotopic (exact) mass is 436 g/mol. The lowest BCUT2D eigenvalue weighted by Gasteiger charge is -2.16. The molecule has 1 aromatic heterocycles. The standard InChI is InChI=1S/C30H32N2O/c1-3-4-5-7-12-22(2)31-30(33)27-21-29(32-28-16-11-10-15-26(27)28)25-19-17-24(18-20-25)23-13-8-6-9-14-23/h6,8-11,13-22H,3-5,7,12H2,1-2H3,(H,31,33)/t22-/m1/s1. The van der Waals surface area contributed by atoms with Crippen LogP contribution in [0.4, 0.5) is 0 Å². The molecule has 33 heavy (non-hydrogen) atoms. The third kappa shape index (κ3) is 5.67. The Morgan fingerprint density at radius 3 is 2.24 bits per heavy atom. The molecule has 0 saturated heterocycles. The summed E-state index contributed by atoms with van der Waals surface area (Å²) in [6, 6.07) is 28.7. The minimum atomic E-state index is -0.0289. The summed E-state index contributed by atoms with van der Waals surface area (Å²) >= 11 is 0. The SMILES string of the molecule is CCCCCC[C@@H](C)NC(=O)c1cc(-c2ccc(-c3ccccc3)cc2)nc2ccccc12. The lowest BCUT2D eigenvalue weighted by molar-refractivity contribution is 0.0939. The van der Waals surface area contributed by atoms with Crippen LogP contribution in [0.2, 0.25) is 0 Å². The van der Waals surface area contributed by atoms with Gasteiger partial charge in [0.25, 0.3) is 5.91 Å². The number of carbonyl (C=O) groups is 1. The van der Waals surface area contributed by atoms with Crippen LogP contribution in [-0.4, -0.2) is 16.9 Å². The van der Waals surface area contributed by atoms with Crippen LogP contribution in [-0.2, 0) is 0 Å². The molecule has 168 valence electrons. The molecule has 3 heteroatoms. The number of nitrogens with one attached hydrogen (secondary N) is 1. The number of carbonyl (C=O) groups excluding carboxylic acids is 1. The zero-order valence-electron chi connectivity index (χ0n) is 19.6. The smallest absolute Gasteiger partial charge is 0.252 e. The fourth-order valence-electron chi connectivity index (χ4n) is 4.23. The van der Waals surface area contributed by atoms with Crippen LogP contribution < -0.4 is 5.32 Å². The number of para-hydroxylation sites is 1. The van der Waals surface area contributed by atoms with Gasteiger partial charge in [-0.1, -0.05) is 105 Å². The Labute approximate surface area is 196 Å². The number of nitrogens with zero attached hydrogens (tertiary/aromatic N) is 1. The predicted octanol–water partition coefficient (Wildman–Crippen LogP) is 7.66. The molecule has 1 N–H and O–H groups in total. The molecule has 1 heterocycles. The van der Waals surface area contributed by atoms with Gasteiger partial charge in [-0.15, -0.1) is 0 Å². The third-order valence-electron chi connectivity index (χ3n) is 6.12. The van der Waals surface area contributed by atoms with Gasteiger partial charge in [0, 0.05) is 17.0 Å². The Morgan fingerprint density at radius 1 is 0.818 bits per heavy atom. The van der Waals surface area contributed by atoms with E-state index in [0.717, 1.165) is 40.6 Å². The van der Waals surface area contributed by atoms with E-state index in [2.05, 4.69) is 55.6 Å². The number of hydrogen-bond donors (Lipinski definition) is 1. The fraction of sp³-hybridized carbons (Fsp3) is 0.267. The molecule has 1 atom stereocenters. The second-order valence-corrected chi connectivity index (χ2v) is 8.74. The predicted molar refractivity (Wildman–Crippen MR) is 138 cm³/mol. The average molecular weight is 437 g/mol. The van der Waals surface area contributed by atoms with Crippen molar-refractivity contribution >= 4 is 16.8 Å². The molecule has 0 aliphatic carbocycles. The van der Waals surface area contributed by atoms with E-state index in [0.29, 0.717) is 5.56 Å². The van der Waals surface area contributed by atoms with Crippen molar-refractivity contribution in [1.82, 2.24) is 10.3 Å². The van der Waals surface area contributed by atoms with Gasteiger partial charge >= 0.3 is 0 Å². The molecule has 3 aromatic carbocycles. The number of unbranched alkanes of at least 4 members (excludes halogenated alkanes) is 3. The molecular weight excluding hydrogens is 404 g/mol. The largest absolute Gasteiger partial charge is 0.350 e. The molecule has 0 unspecified atom stereocenters. The summed E-state index contributed by atoms with van der Waals surface area (Å²) in [5, 5.41) is 4.09. The first-order valence-corrected chi connectivity index (χ1v) is 12.0. The highest BCUT2D eigenvalue weighted by Crippen LogP contribution is 2.27. The van der Waals surface area contributed by atoms with E-state index in [1.807, 2.05) is 48.5 Å². The van der Waals surface area contributed by atoms with Crippen molar-refractivity contribution < 1.29 is 4.79 Å². The number of pyridine rings is 1. The maximum atomic E-state index is 13.2. The molecule has 4 aromatic rings. The zero-order valence-corrected chi connectivity index (χ0v) is 19.6. The van der Waals surface area contributed by atoms with E-state index in [4.69, 9.17) is 4.98 Å². The van der Waals surface area contributed by atoms with Crippen molar-refractivity contribution in [2.75, 3.05) is 0 Å². The van der Waals surface area contributed by atoms with Crippen molar-refractivity contribution in [3.8, 4) is 22.4 Å². The number of aromatic nitrogens is 1. The summed E-state index contributed by atoms with van der Waals surface area (Å²) in [7, 11) is 0. The van der Waals surface area contributed by atoms with Crippen LogP contribution in [0.5, 0.6) is 0 Å². The second-order valence-electron chi connectivity index (χ2n) is 8.74. The van der Waals surface area contributed by atoms with Crippen LogP contribution in [0.3, 0.4) is 0 Å². The van der Waals surface area contributed by atoms with Crippen LogP contribution in [0.25, 0.3) is 33.3 Å². The molecule has 0 aliphatic heterocycles. The highest BCUT2D eigenvalue weighted by atomic mass is 16.1. The van der Waals surface area contributed by atoms with Gasteiger partial charge in [-0.2, -0.15) is 0 Å². The number of benzene rings is 3. The van der Waals surface area contributed by atoms with Crippen molar-refractivity contribution in [2.45, 2.75) is 52.0 Å². The molecular formula is C30H32N2O. The zero-order chi connectivity index (χ0) is 23.0. The highest BCUT2D eigenvalue weighted by Gasteiger charge is 2.16. The summed E-state index contributed by atoms with van der Waals surface area (Å²) < 4.78 is 0. The highest BCUT2D eigenvalue weighted by molar-refractivity contribution is 6.07. The lowest BCUT2D eigenvalue weighted by atomic mass is 10.00. The van der Waals surface area contributed by atoms with Gasteiger partial charge in [0.05, 0.1) is 16.8 Å². The Hall–Kier alpha value is -3.46. The lowest BCUT2D eigenvalue weighted by Crippen LogP contribution is -2.32. The van der Waals surface area contributed by atoms with Crippen molar-refractivity contribution in [3.63, 3.8) is 0 Å². The normalized spacial score (nSPS) is 11.9. The molecule has 4 rings (SSSR count).